The summed E-state index contributed by atoms with van der Waals surface area (Å²) in [5.74, 6) is -0.775. The van der Waals surface area contributed by atoms with Crippen molar-refractivity contribution in [3.8, 4) is 0 Å². The first-order valence-corrected chi connectivity index (χ1v) is 7.55. The minimum Gasteiger partial charge on any atom is -0.480 e. The summed E-state index contributed by atoms with van der Waals surface area (Å²) < 4.78 is 0. The second-order valence-corrected chi connectivity index (χ2v) is 5.98. The second kappa shape index (κ2) is 8.50. The number of carbonyl (C=O) groups is 1. The van der Waals surface area contributed by atoms with E-state index in [1.54, 1.807) is 0 Å². The highest BCUT2D eigenvalue weighted by molar-refractivity contribution is 6.42. The molecule has 1 rings (SSSR count). The van der Waals surface area contributed by atoms with Crippen LogP contribution in [0.25, 0.3) is 0 Å². The van der Waals surface area contributed by atoms with Gasteiger partial charge in [0.05, 0.1) is 16.6 Å². The Bertz CT molecular complexity index is 449. The van der Waals surface area contributed by atoms with Crippen LogP contribution < -0.4 is 0 Å². The van der Waals surface area contributed by atoms with Crippen LogP contribution in [-0.2, 0) is 11.2 Å². The first-order valence-electron chi connectivity index (χ1n) is 6.80. The van der Waals surface area contributed by atoms with Gasteiger partial charge in [0.2, 0.25) is 0 Å². The number of aliphatic carboxylic acids is 1. The molecular formula is C15H21Cl2NO2. The fraction of sp³-hybridized carbons (Fsp3) is 0.533. The van der Waals surface area contributed by atoms with E-state index in [1.165, 1.54) is 0 Å². The fourth-order valence-electron chi connectivity index (χ4n) is 2.03. The van der Waals surface area contributed by atoms with Gasteiger partial charge in [-0.3, -0.25) is 9.69 Å². The molecule has 0 saturated heterocycles. The monoisotopic (exact) mass is 317 g/mol. The van der Waals surface area contributed by atoms with E-state index in [0.29, 0.717) is 10.0 Å². The van der Waals surface area contributed by atoms with Crippen LogP contribution in [0.1, 0.15) is 32.3 Å². The van der Waals surface area contributed by atoms with E-state index in [1.807, 2.05) is 36.9 Å². The number of rotatable bonds is 8. The normalized spacial score (nSPS) is 11.3. The number of aryl methyl sites for hydroxylation is 1. The first-order chi connectivity index (χ1) is 9.40. The molecule has 5 heteroatoms. The Kier molecular flexibility index (Phi) is 7.35. The van der Waals surface area contributed by atoms with Crippen molar-refractivity contribution >= 4 is 29.2 Å². The molecule has 0 aliphatic rings. The molecule has 0 radical (unpaired) electrons. The summed E-state index contributed by atoms with van der Waals surface area (Å²) in [6.07, 6.45) is 2.89. The minimum absolute atomic E-state index is 0.102. The SMILES string of the molecule is CC(C)N(CCCCc1ccc(Cl)c(Cl)c1)CC(=O)O. The predicted octanol–water partition coefficient (Wildman–Crippen LogP) is 4.11. The zero-order valence-electron chi connectivity index (χ0n) is 11.9. The van der Waals surface area contributed by atoms with Gasteiger partial charge in [-0.05, 0) is 57.4 Å². The van der Waals surface area contributed by atoms with Gasteiger partial charge < -0.3 is 5.11 Å². The van der Waals surface area contributed by atoms with Gasteiger partial charge in [0, 0.05) is 6.04 Å². The highest BCUT2D eigenvalue weighted by Gasteiger charge is 2.12. The lowest BCUT2D eigenvalue weighted by Crippen LogP contribution is -2.36. The molecular weight excluding hydrogens is 297 g/mol. The Morgan fingerprint density at radius 1 is 1.25 bits per heavy atom. The highest BCUT2D eigenvalue weighted by atomic mass is 35.5. The van der Waals surface area contributed by atoms with Gasteiger partial charge in [-0.25, -0.2) is 0 Å². The van der Waals surface area contributed by atoms with Crippen LogP contribution in [0.5, 0.6) is 0 Å². The lowest BCUT2D eigenvalue weighted by Gasteiger charge is -2.24. The van der Waals surface area contributed by atoms with Crippen LogP contribution in [0.15, 0.2) is 18.2 Å². The van der Waals surface area contributed by atoms with Gasteiger partial charge >= 0.3 is 5.97 Å². The second-order valence-electron chi connectivity index (χ2n) is 5.16. The summed E-state index contributed by atoms with van der Waals surface area (Å²) in [6, 6.07) is 5.92. The third-order valence-corrected chi connectivity index (χ3v) is 3.95. The average Bonchev–Trinajstić information content (AvgIpc) is 2.36. The maximum atomic E-state index is 10.8. The van der Waals surface area contributed by atoms with E-state index < -0.39 is 5.97 Å². The van der Waals surface area contributed by atoms with Gasteiger partial charge in [-0.1, -0.05) is 29.3 Å². The van der Waals surface area contributed by atoms with Crippen LogP contribution in [0.3, 0.4) is 0 Å². The molecule has 0 spiro atoms. The number of hydrogen-bond donors (Lipinski definition) is 1. The van der Waals surface area contributed by atoms with Crippen LogP contribution in [0, 0.1) is 0 Å². The zero-order chi connectivity index (χ0) is 15.1. The molecule has 1 aromatic rings. The van der Waals surface area contributed by atoms with Crippen molar-refractivity contribution in [2.75, 3.05) is 13.1 Å². The molecule has 112 valence electrons. The molecule has 1 N–H and O–H groups in total. The summed E-state index contributed by atoms with van der Waals surface area (Å²) in [5, 5.41) is 10.0. The van der Waals surface area contributed by atoms with Gasteiger partial charge in [0.25, 0.3) is 0 Å². The Morgan fingerprint density at radius 2 is 1.95 bits per heavy atom. The smallest absolute Gasteiger partial charge is 0.317 e. The highest BCUT2D eigenvalue weighted by Crippen LogP contribution is 2.23. The molecule has 20 heavy (non-hydrogen) atoms. The zero-order valence-corrected chi connectivity index (χ0v) is 13.4. The van der Waals surface area contributed by atoms with E-state index in [9.17, 15) is 4.79 Å². The first kappa shape index (κ1) is 17.3. The fourth-order valence-corrected chi connectivity index (χ4v) is 2.35. The predicted molar refractivity (Wildman–Crippen MR) is 83.7 cm³/mol. The molecule has 1 aromatic carbocycles. The molecule has 0 fully saturated rings. The molecule has 0 aromatic heterocycles. The van der Waals surface area contributed by atoms with Crippen molar-refractivity contribution < 1.29 is 9.90 Å². The van der Waals surface area contributed by atoms with Crippen LogP contribution in [0.2, 0.25) is 10.0 Å². The van der Waals surface area contributed by atoms with Gasteiger partial charge in [0.15, 0.2) is 0 Å². The number of hydrogen-bond acceptors (Lipinski definition) is 2. The minimum atomic E-state index is -0.775. The number of halogens is 2. The van der Waals surface area contributed by atoms with Crippen molar-refractivity contribution in [2.24, 2.45) is 0 Å². The molecule has 0 amide bonds. The molecule has 0 unspecified atom stereocenters. The molecule has 0 aliphatic heterocycles. The number of carboxylic acid groups (broad SMARTS) is 1. The third-order valence-electron chi connectivity index (χ3n) is 3.21. The van der Waals surface area contributed by atoms with E-state index >= 15 is 0 Å². The molecule has 3 nitrogen and oxygen atoms in total. The Hall–Kier alpha value is -0.770. The summed E-state index contributed by atoms with van der Waals surface area (Å²) >= 11 is 11.8. The van der Waals surface area contributed by atoms with E-state index in [-0.39, 0.29) is 12.6 Å². The average molecular weight is 318 g/mol. The van der Waals surface area contributed by atoms with E-state index in [4.69, 9.17) is 28.3 Å². The van der Waals surface area contributed by atoms with E-state index in [0.717, 1.165) is 31.4 Å². The number of carboxylic acids is 1. The van der Waals surface area contributed by atoms with Crippen molar-refractivity contribution in [3.63, 3.8) is 0 Å². The largest absolute Gasteiger partial charge is 0.480 e. The van der Waals surface area contributed by atoms with Gasteiger partial charge in [-0.15, -0.1) is 0 Å². The quantitative estimate of drug-likeness (QED) is 0.733. The Labute approximate surface area is 130 Å². The lowest BCUT2D eigenvalue weighted by atomic mass is 10.1. The lowest BCUT2D eigenvalue weighted by molar-refractivity contribution is -0.138. The molecule has 0 heterocycles. The number of unbranched alkanes of at least 4 members (excludes halogenated alkanes) is 1. The van der Waals surface area contributed by atoms with Crippen molar-refractivity contribution in [1.82, 2.24) is 4.90 Å². The van der Waals surface area contributed by atoms with Crippen molar-refractivity contribution in [3.05, 3.63) is 33.8 Å². The maximum absolute atomic E-state index is 10.8. The summed E-state index contributed by atoms with van der Waals surface area (Å²) in [5.41, 5.74) is 1.16. The summed E-state index contributed by atoms with van der Waals surface area (Å²) in [7, 11) is 0. The van der Waals surface area contributed by atoms with Crippen LogP contribution in [0.4, 0.5) is 0 Å². The molecule has 0 aliphatic carbocycles. The van der Waals surface area contributed by atoms with Gasteiger partial charge in [0.1, 0.15) is 0 Å². The number of benzene rings is 1. The molecule has 0 atom stereocenters. The van der Waals surface area contributed by atoms with E-state index in [2.05, 4.69) is 0 Å². The molecule has 0 bridgehead atoms. The Morgan fingerprint density at radius 3 is 2.50 bits per heavy atom. The topological polar surface area (TPSA) is 40.5 Å². The van der Waals surface area contributed by atoms with Crippen LogP contribution >= 0.6 is 23.2 Å². The van der Waals surface area contributed by atoms with Crippen LogP contribution in [-0.4, -0.2) is 35.1 Å². The molecule has 0 saturated carbocycles. The van der Waals surface area contributed by atoms with Crippen molar-refractivity contribution in [2.45, 2.75) is 39.2 Å². The van der Waals surface area contributed by atoms with Gasteiger partial charge in [-0.2, -0.15) is 0 Å². The summed E-state index contributed by atoms with van der Waals surface area (Å²) in [6.45, 7) is 4.93. The summed E-state index contributed by atoms with van der Waals surface area (Å²) in [4.78, 5) is 12.7. The van der Waals surface area contributed by atoms with Crippen molar-refractivity contribution in [1.29, 1.82) is 0 Å². The maximum Gasteiger partial charge on any atom is 0.317 e. The standard InChI is InChI=1S/C15H21Cl2NO2/c1-11(2)18(10-15(19)20)8-4-3-5-12-6-7-13(16)14(17)9-12/h6-7,9,11H,3-5,8,10H2,1-2H3,(H,19,20). The Balaban J connectivity index is 2.36. The third kappa shape index (κ3) is 6.12. The number of nitrogens with zero attached hydrogens (tertiary/aromatic N) is 1.